The van der Waals surface area contributed by atoms with Crippen molar-refractivity contribution in [3.05, 3.63) is 64.7 Å². The number of hydrogen-bond acceptors (Lipinski definition) is 4. The van der Waals surface area contributed by atoms with Crippen LogP contribution in [0.1, 0.15) is 15.4 Å². The van der Waals surface area contributed by atoms with Crippen LogP contribution in [-0.4, -0.2) is 15.9 Å². The number of rotatable bonds is 3. The molecule has 0 atom stereocenters. The first kappa shape index (κ1) is 13.5. The predicted octanol–water partition coefficient (Wildman–Crippen LogP) is 3.77. The van der Waals surface area contributed by atoms with Crippen molar-refractivity contribution in [3.63, 3.8) is 0 Å². The minimum absolute atomic E-state index is 0.137. The summed E-state index contributed by atoms with van der Waals surface area (Å²) in [6.07, 6.45) is 3.28. The molecule has 2 heterocycles. The Hall–Kier alpha value is -2.53. The van der Waals surface area contributed by atoms with Gasteiger partial charge in [-0.05, 0) is 31.2 Å². The molecule has 5 heteroatoms. The van der Waals surface area contributed by atoms with E-state index in [1.807, 2.05) is 24.4 Å². The summed E-state index contributed by atoms with van der Waals surface area (Å²) in [4.78, 5) is 20.5. The van der Waals surface area contributed by atoms with E-state index in [1.165, 1.54) is 0 Å². The number of nitrogens with zero attached hydrogens (tertiary/aromatic N) is 2. The molecule has 4 nitrogen and oxygen atoms in total. The maximum atomic E-state index is 12.1. The van der Waals surface area contributed by atoms with Crippen molar-refractivity contribution in [2.75, 3.05) is 5.32 Å². The van der Waals surface area contributed by atoms with Crippen molar-refractivity contribution in [2.24, 2.45) is 0 Å². The van der Waals surface area contributed by atoms with E-state index in [1.54, 1.807) is 48.0 Å². The maximum Gasteiger partial charge on any atom is 0.255 e. The van der Waals surface area contributed by atoms with E-state index in [4.69, 9.17) is 0 Å². The van der Waals surface area contributed by atoms with Crippen molar-refractivity contribution >= 4 is 22.9 Å². The molecule has 0 spiro atoms. The molecule has 0 aliphatic heterocycles. The van der Waals surface area contributed by atoms with Gasteiger partial charge in [-0.2, -0.15) is 0 Å². The third-order valence-corrected chi connectivity index (χ3v) is 3.77. The second-order valence-corrected chi connectivity index (χ2v) is 5.58. The molecule has 0 unspecified atom stereocenters. The van der Waals surface area contributed by atoms with Crippen LogP contribution in [0.3, 0.4) is 0 Å². The third kappa shape index (κ3) is 3.14. The molecule has 2 aromatic heterocycles. The Kier molecular flexibility index (Phi) is 3.75. The highest BCUT2D eigenvalue weighted by molar-refractivity contribution is 7.09. The van der Waals surface area contributed by atoms with Gasteiger partial charge in [-0.15, -0.1) is 11.3 Å². The van der Waals surface area contributed by atoms with Gasteiger partial charge >= 0.3 is 0 Å². The lowest BCUT2D eigenvalue weighted by atomic mass is 10.1. The van der Waals surface area contributed by atoms with E-state index in [2.05, 4.69) is 15.3 Å². The Morgan fingerprint density at radius 2 is 1.81 bits per heavy atom. The van der Waals surface area contributed by atoms with Crippen molar-refractivity contribution in [1.29, 1.82) is 0 Å². The lowest BCUT2D eigenvalue weighted by Crippen LogP contribution is -2.11. The number of anilines is 1. The van der Waals surface area contributed by atoms with E-state index < -0.39 is 0 Å². The van der Waals surface area contributed by atoms with Gasteiger partial charge in [0.05, 0.1) is 10.7 Å². The summed E-state index contributed by atoms with van der Waals surface area (Å²) in [7, 11) is 0. The number of nitrogens with one attached hydrogen (secondary N) is 1. The van der Waals surface area contributed by atoms with Crippen LogP contribution < -0.4 is 5.32 Å². The second-order valence-electron chi connectivity index (χ2n) is 4.52. The fraction of sp³-hybridized carbons (Fsp3) is 0.0625. The lowest BCUT2D eigenvalue weighted by Gasteiger charge is -2.05. The van der Waals surface area contributed by atoms with E-state index in [0.29, 0.717) is 5.56 Å². The summed E-state index contributed by atoms with van der Waals surface area (Å²) < 4.78 is 0. The fourth-order valence-electron chi connectivity index (χ4n) is 1.93. The number of carbonyl (C=O) groups excluding carboxylic acids is 1. The average Bonchev–Trinajstić information content (AvgIpc) is 2.95. The van der Waals surface area contributed by atoms with Crippen LogP contribution in [0.5, 0.6) is 0 Å². The fourth-order valence-corrected chi connectivity index (χ4v) is 2.55. The molecule has 1 amide bonds. The minimum atomic E-state index is -0.137. The van der Waals surface area contributed by atoms with E-state index in [-0.39, 0.29) is 5.91 Å². The Bertz CT molecular complexity index is 751. The molecule has 0 saturated heterocycles. The summed E-state index contributed by atoms with van der Waals surface area (Å²) in [5.41, 5.74) is 3.30. The molecule has 21 heavy (non-hydrogen) atoms. The van der Waals surface area contributed by atoms with Crippen molar-refractivity contribution in [2.45, 2.75) is 6.92 Å². The molecule has 0 aliphatic carbocycles. The van der Waals surface area contributed by atoms with Gasteiger partial charge in [0.15, 0.2) is 0 Å². The quantitative estimate of drug-likeness (QED) is 0.800. The van der Waals surface area contributed by atoms with Crippen molar-refractivity contribution < 1.29 is 4.79 Å². The van der Waals surface area contributed by atoms with Gasteiger partial charge in [-0.25, -0.2) is 4.98 Å². The first-order valence-corrected chi connectivity index (χ1v) is 7.34. The SMILES string of the molecule is Cc1nc(-c2ccc(C(=O)Nc3ccncc3)cc2)cs1. The number of benzene rings is 1. The Labute approximate surface area is 126 Å². The first-order chi connectivity index (χ1) is 10.2. The number of pyridine rings is 1. The topological polar surface area (TPSA) is 54.9 Å². The monoisotopic (exact) mass is 295 g/mol. The summed E-state index contributed by atoms with van der Waals surface area (Å²) in [5.74, 6) is -0.137. The van der Waals surface area contributed by atoms with E-state index in [9.17, 15) is 4.79 Å². The molecule has 1 N–H and O–H groups in total. The molecule has 0 radical (unpaired) electrons. The van der Waals surface area contributed by atoms with Crippen LogP contribution in [0.4, 0.5) is 5.69 Å². The van der Waals surface area contributed by atoms with Crippen molar-refractivity contribution in [3.8, 4) is 11.3 Å². The number of aryl methyl sites for hydroxylation is 1. The summed E-state index contributed by atoms with van der Waals surface area (Å²) in [5, 5.41) is 5.88. The van der Waals surface area contributed by atoms with Gasteiger partial charge in [0.1, 0.15) is 0 Å². The van der Waals surface area contributed by atoms with E-state index >= 15 is 0 Å². The largest absolute Gasteiger partial charge is 0.322 e. The molecule has 0 aliphatic rings. The van der Waals surface area contributed by atoms with Crippen LogP contribution >= 0.6 is 11.3 Å². The Morgan fingerprint density at radius 3 is 2.43 bits per heavy atom. The molecular formula is C16H13N3OS. The number of carbonyl (C=O) groups is 1. The van der Waals surface area contributed by atoms with E-state index in [0.717, 1.165) is 22.0 Å². The second kappa shape index (κ2) is 5.85. The highest BCUT2D eigenvalue weighted by Gasteiger charge is 2.07. The van der Waals surface area contributed by atoms with Gasteiger partial charge in [-0.1, -0.05) is 12.1 Å². The zero-order valence-electron chi connectivity index (χ0n) is 11.4. The van der Waals surface area contributed by atoms with Gasteiger partial charge in [0, 0.05) is 34.6 Å². The molecule has 1 aromatic carbocycles. The molecule has 104 valence electrons. The normalized spacial score (nSPS) is 10.3. The van der Waals surface area contributed by atoms with Crippen LogP contribution in [0.15, 0.2) is 54.2 Å². The number of amides is 1. The molecule has 3 aromatic rings. The predicted molar refractivity (Wildman–Crippen MR) is 84.5 cm³/mol. The zero-order chi connectivity index (χ0) is 14.7. The summed E-state index contributed by atoms with van der Waals surface area (Å²) in [6.45, 7) is 1.98. The van der Waals surface area contributed by atoms with Crippen molar-refractivity contribution in [1.82, 2.24) is 9.97 Å². The van der Waals surface area contributed by atoms with Crippen LogP contribution in [0.2, 0.25) is 0 Å². The molecule has 0 saturated carbocycles. The van der Waals surface area contributed by atoms with Crippen LogP contribution in [0.25, 0.3) is 11.3 Å². The Balaban J connectivity index is 1.76. The lowest BCUT2D eigenvalue weighted by molar-refractivity contribution is 0.102. The molecule has 0 fully saturated rings. The van der Waals surface area contributed by atoms with Gasteiger partial charge in [-0.3, -0.25) is 9.78 Å². The summed E-state index contributed by atoms with van der Waals surface area (Å²) >= 11 is 1.62. The summed E-state index contributed by atoms with van der Waals surface area (Å²) in [6, 6.07) is 10.9. The molecule has 0 bridgehead atoms. The maximum absolute atomic E-state index is 12.1. The highest BCUT2D eigenvalue weighted by atomic mass is 32.1. The first-order valence-electron chi connectivity index (χ1n) is 6.46. The van der Waals surface area contributed by atoms with Crippen LogP contribution in [0, 0.1) is 6.92 Å². The van der Waals surface area contributed by atoms with Gasteiger partial charge in [0.25, 0.3) is 5.91 Å². The standard InChI is InChI=1S/C16H13N3OS/c1-11-18-15(10-21-11)12-2-4-13(5-3-12)16(20)19-14-6-8-17-9-7-14/h2-10H,1H3,(H,17,19,20). The smallest absolute Gasteiger partial charge is 0.255 e. The van der Waals surface area contributed by atoms with Crippen LogP contribution in [-0.2, 0) is 0 Å². The average molecular weight is 295 g/mol. The highest BCUT2D eigenvalue weighted by Crippen LogP contribution is 2.22. The van der Waals surface area contributed by atoms with Gasteiger partial charge < -0.3 is 5.32 Å². The number of hydrogen-bond donors (Lipinski definition) is 1. The van der Waals surface area contributed by atoms with Gasteiger partial charge in [0.2, 0.25) is 0 Å². The number of thiazole rings is 1. The number of aromatic nitrogens is 2. The minimum Gasteiger partial charge on any atom is -0.322 e. The zero-order valence-corrected chi connectivity index (χ0v) is 12.2. The third-order valence-electron chi connectivity index (χ3n) is 3.00. The Morgan fingerprint density at radius 1 is 1.10 bits per heavy atom. The molecular weight excluding hydrogens is 282 g/mol. The molecule has 3 rings (SSSR count).